The van der Waals surface area contributed by atoms with Crippen LogP contribution in [0.2, 0.25) is 10.0 Å². The van der Waals surface area contributed by atoms with Gasteiger partial charge >= 0.3 is 0 Å². The molecule has 1 amide bonds. The number of amides is 1. The summed E-state index contributed by atoms with van der Waals surface area (Å²) >= 11 is 12.4. The van der Waals surface area contributed by atoms with E-state index in [0.717, 1.165) is 11.1 Å². The molecule has 0 aliphatic heterocycles. The molecule has 1 atom stereocenters. The lowest BCUT2D eigenvalue weighted by Crippen LogP contribution is -2.29. The fourth-order valence-corrected chi connectivity index (χ4v) is 3.00. The molecule has 28 heavy (non-hydrogen) atoms. The van der Waals surface area contributed by atoms with Crippen molar-refractivity contribution in [3.8, 4) is 0 Å². The van der Waals surface area contributed by atoms with Crippen LogP contribution in [0.1, 0.15) is 23.6 Å². The fraction of sp³-hybridized carbons (Fsp3) is 0.238. The average molecular weight is 421 g/mol. The fourth-order valence-electron chi connectivity index (χ4n) is 2.48. The average Bonchev–Trinajstić information content (AvgIpc) is 2.70. The van der Waals surface area contributed by atoms with Crippen molar-refractivity contribution in [2.75, 3.05) is 14.2 Å². The normalized spacial score (nSPS) is 12.8. The topological polar surface area (TPSA) is 59.9 Å². The van der Waals surface area contributed by atoms with Crippen LogP contribution in [0.3, 0.4) is 0 Å². The van der Waals surface area contributed by atoms with Gasteiger partial charge in [0.2, 0.25) is 0 Å². The van der Waals surface area contributed by atoms with E-state index in [2.05, 4.69) is 10.5 Å². The van der Waals surface area contributed by atoms with Gasteiger partial charge in [-0.3, -0.25) is 4.79 Å². The first-order chi connectivity index (χ1) is 13.5. The minimum absolute atomic E-state index is 0.190. The Morgan fingerprint density at radius 1 is 1.18 bits per heavy atom. The van der Waals surface area contributed by atoms with Crippen molar-refractivity contribution >= 4 is 40.9 Å². The Hall–Kier alpha value is -2.34. The summed E-state index contributed by atoms with van der Waals surface area (Å²) in [5, 5.41) is 7.57. The number of carbonyl (C=O) groups excluding carboxylic acids is 1. The Kier molecular flexibility index (Phi) is 8.51. The highest BCUT2D eigenvalue weighted by molar-refractivity contribution is 6.45. The Morgan fingerprint density at radius 3 is 2.50 bits per heavy atom. The predicted octanol–water partition coefficient (Wildman–Crippen LogP) is 4.71. The van der Waals surface area contributed by atoms with E-state index in [1.54, 1.807) is 31.3 Å². The Bertz CT molecular complexity index is 861. The molecule has 148 valence electrons. The van der Waals surface area contributed by atoms with E-state index in [1.807, 2.05) is 37.3 Å². The number of ether oxygens (including phenoxy) is 1. The quantitative estimate of drug-likeness (QED) is 0.496. The molecule has 0 aliphatic rings. The first-order valence-corrected chi connectivity index (χ1v) is 9.38. The summed E-state index contributed by atoms with van der Waals surface area (Å²) in [5.74, 6) is -0.337. The van der Waals surface area contributed by atoms with E-state index in [9.17, 15) is 4.79 Å². The number of halogens is 2. The molecule has 0 spiro atoms. The van der Waals surface area contributed by atoms with Crippen LogP contribution in [0.4, 0.5) is 0 Å². The summed E-state index contributed by atoms with van der Waals surface area (Å²) in [7, 11) is 2.94. The second-order valence-electron chi connectivity index (χ2n) is 5.87. The molecule has 0 saturated carbocycles. The molecule has 1 unspecified atom stereocenters. The van der Waals surface area contributed by atoms with Gasteiger partial charge in [0.1, 0.15) is 7.11 Å². The number of hydrogen-bond acceptors (Lipinski definition) is 4. The third kappa shape index (κ3) is 5.83. The van der Waals surface area contributed by atoms with Crippen molar-refractivity contribution in [3.63, 3.8) is 0 Å². The highest BCUT2D eigenvalue weighted by Gasteiger charge is 2.17. The second kappa shape index (κ2) is 10.9. The van der Waals surface area contributed by atoms with Crippen molar-refractivity contribution in [2.45, 2.75) is 19.6 Å². The van der Waals surface area contributed by atoms with Gasteiger partial charge < -0.3 is 14.9 Å². The Balaban J connectivity index is 2.13. The highest BCUT2D eigenvalue weighted by Crippen LogP contribution is 2.25. The van der Waals surface area contributed by atoms with E-state index in [0.29, 0.717) is 15.6 Å². The Labute approximate surface area is 174 Å². The summed E-state index contributed by atoms with van der Waals surface area (Å²) in [4.78, 5) is 16.9. The molecule has 0 heterocycles. The molecule has 0 aliphatic carbocycles. The van der Waals surface area contributed by atoms with Crippen molar-refractivity contribution in [2.24, 2.45) is 5.16 Å². The van der Waals surface area contributed by atoms with Crippen LogP contribution in [-0.2, 0) is 21.0 Å². The number of nitrogens with zero attached hydrogens (tertiary/aromatic N) is 1. The monoisotopic (exact) mass is 420 g/mol. The van der Waals surface area contributed by atoms with Crippen LogP contribution < -0.4 is 5.32 Å². The zero-order chi connectivity index (χ0) is 20.5. The molecular formula is C21H22Cl2N2O3. The van der Waals surface area contributed by atoms with Crippen LogP contribution >= 0.6 is 23.2 Å². The molecular weight excluding hydrogens is 399 g/mol. The minimum Gasteiger partial charge on any atom is -0.398 e. The molecule has 0 saturated heterocycles. The summed E-state index contributed by atoms with van der Waals surface area (Å²) in [5.41, 5.74) is 2.40. The second-order valence-corrected chi connectivity index (χ2v) is 6.68. The lowest BCUT2D eigenvalue weighted by molar-refractivity contribution is -0.114. The molecule has 0 radical (unpaired) electrons. The van der Waals surface area contributed by atoms with Gasteiger partial charge in [-0.2, -0.15) is 0 Å². The summed E-state index contributed by atoms with van der Waals surface area (Å²) in [6.45, 7) is 2.20. The van der Waals surface area contributed by atoms with Gasteiger partial charge in [0.25, 0.3) is 5.91 Å². The minimum atomic E-state index is -0.337. The van der Waals surface area contributed by atoms with Crippen LogP contribution in [0, 0.1) is 0 Å². The van der Waals surface area contributed by atoms with Crippen molar-refractivity contribution < 1.29 is 14.4 Å². The van der Waals surface area contributed by atoms with Crippen molar-refractivity contribution in [1.82, 2.24) is 5.32 Å². The van der Waals surface area contributed by atoms with Gasteiger partial charge in [0, 0.05) is 28.2 Å². The molecule has 2 aromatic carbocycles. The number of carbonyl (C=O) groups is 1. The zero-order valence-corrected chi connectivity index (χ0v) is 17.4. The van der Waals surface area contributed by atoms with Gasteiger partial charge in [0.15, 0.2) is 5.71 Å². The molecule has 0 fully saturated rings. The largest absolute Gasteiger partial charge is 0.398 e. The molecule has 2 rings (SSSR count). The van der Waals surface area contributed by atoms with Gasteiger partial charge in [-0.15, -0.1) is 0 Å². The van der Waals surface area contributed by atoms with Gasteiger partial charge in [-0.25, -0.2) is 0 Å². The summed E-state index contributed by atoms with van der Waals surface area (Å²) in [6.07, 6.45) is 3.51. The van der Waals surface area contributed by atoms with Crippen molar-refractivity contribution in [1.29, 1.82) is 0 Å². The number of oxime groups is 1. The smallest absolute Gasteiger partial charge is 0.273 e. The zero-order valence-electron chi connectivity index (χ0n) is 15.9. The van der Waals surface area contributed by atoms with Gasteiger partial charge in [-0.05, 0) is 24.6 Å². The maximum Gasteiger partial charge on any atom is 0.273 e. The van der Waals surface area contributed by atoms with Crippen molar-refractivity contribution in [3.05, 3.63) is 75.3 Å². The van der Waals surface area contributed by atoms with Crippen LogP contribution in [0.5, 0.6) is 0 Å². The number of benzene rings is 2. The Morgan fingerprint density at radius 2 is 1.86 bits per heavy atom. The number of hydrogen-bond donors (Lipinski definition) is 1. The maximum atomic E-state index is 12.1. The molecule has 2 aromatic rings. The first kappa shape index (κ1) is 22.0. The lowest BCUT2D eigenvalue weighted by atomic mass is 10.0. The van der Waals surface area contributed by atoms with E-state index in [4.69, 9.17) is 32.8 Å². The summed E-state index contributed by atoms with van der Waals surface area (Å²) in [6, 6.07) is 12.7. The molecule has 7 heteroatoms. The maximum absolute atomic E-state index is 12.1. The molecule has 5 nitrogen and oxygen atoms in total. The third-order valence-corrected chi connectivity index (χ3v) is 4.59. The van der Waals surface area contributed by atoms with Gasteiger partial charge in [-0.1, -0.05) is 70.8 Å². The SMILES string of the molecule is CNC(=O)C(=NOC)c1ccccc1COC(C)C=Cc1c(Cl)cccc1Cl. The number of nitrogens with one attached hydrogen (secondary N) is 1. The van der Waals surface area contributed by atoms with Crippen LogP contribution in [-0.4, -0.2) is 31.9 Å². The molecule has 0 aromatic heterocycles. The van der Waals surface area contributed by atoms with Crippen LogP contribution in [0.25, 0.3) is 6.08 Å². The van der Waals surface area contributed by atoms with E-state index >= 15 is 0 Å². The van der Waals surface area contributed by atoms with Crippen LogP contribution in [0.15, 0.2) is 53.7 Å². The number of rotatable bonds is 8. The lowest BCUT2D eigenvalue weighted by Gasteiger charge is -2.13. The molecule has 0 bridgehead atoms. The summed E-state index contributed by atoms with van der Waals surface area (Å²) < 4.78 is 5.91. The predicted molar refractivity (Wildman–Crippen MR) is 114 cm³/mol. The highest BCUT2D eigenvalue weighted by atomic mass is 35.5. The number of likely N-dealkylation sites (N-methyl/N-ethyl adjacent to an activating group) is 1. The third-order valence-electron chi connectivity index (χ3n) is 3.93. The van der Waals surface area contributed by atoms with E-state index < -0.39 is 0 Å². The van der Waals surface area contributed by atoms with Gasteiger partial charge in [0.05, 0.1) is 12.7 Å². The standard InChI is InChI=1S/C21H22Cl2N2O3/c1-14(11-12-17-18(22)9-6-10-19(17)23)28-13-15-7-4-5-8-16(15)20(25-27-3)21(26)24-2/h4-12,14H,13H2,1-3H3,(H,24,26). The van der Waals surface area contributed by atoms with E-state index in [-0.39, 0.29) is 24.3 Å². The first-order valence-electron chi connectivity index (χ1n) is 8.63. The van der Waals surface area contributed by atoms with E-state index in [1.165, 1.54) is 7.11 Å². The molecule has 1 N–H and O–H groups in total.